The quantitative estimate of drug-likeness (QED) is 0.775. The van der Waals surface area contributed by atoms with Crippen molar-refractivity contribution in [3.63, 3.8) is 0 Å². The Hall–Kier alpha value is -2.34. The topological polar surface area (TPSA) is 62.3 Å². The summed E-state index contributed by atoms with van der Waals surface area (Å²) in [4.78, 5) is 31.1. The van der Waals surface area contributed by atoms with Gasteiger partial charge in [-0.15, -0.1) is 0 Å². The number of nitrogens with one attached hydrogen (secondary N) is 1. The molecule has 138 valence electrons. The lowest BCUT2D eigenvalue weighted by Gasteiger charge is -2.24. The van der Waals surface area contributed by atoms with E-state index in [1.54, 1.807) is 42.2 Å². The van der Waals surface area contributed by atoms with Crippen LogP contribution in [-0.4, -0.2) is 46.8 Å². The second-order valence-corrected chi connectivity index (χ2v) is 7.22. The lowest BCUT2D eigenvalue weighted by atomic mass is 10.1. The molecule has 1 atom stereocenters. The fourth-order valence-electron chi connectivity index (χ4n) is 2.63. The number of thioether (sulfide) groups is 1. The molecule has 1 unspecified atom stereocenters. The van der Waals surface area contributed by atoms with Gasteiger partial charge in [0.15, 0.2) is 0 Å². The fourth-order valence-corrected chi connectivity index (χ4v) is 3.10. The average Bonchev–Trinajstić information content (AvgIpc) is 2.65. The van der Waals surface area contributed by atoms with Crippen LogP contribution in [0.25, 0.3) is 0 Å². The zero-order valence-electron chi connectivity index (χ0n) is 15.4. The Kier molecular flexibility index (Phi) is 7.66. The molecule has 5 nitrogen and oxygen atoms in total. The van der Waals surface area contributed by atoms with Crippen molar-refractivity contribution in [1.82, 2.24) is 15.2 Å². The summed E-state index contributed by atoms with van der Waals surface area (Å²) >= 11 is 1.66. The van der Waals surface area contributed by atoms with Crippen LogP contribution in [0.15, 0.2) is 48.8 Å². The maximum Gasteiger partial charge on any atom is 0.251 e. The van der Waals surface area contributed by atoms with Crippen LogP contribution in [-0.2, 0) is 11.3 Å². The highest BCUT2D eigenvalue weighted by molar-refractivity contribution is 7.98. The first kappa shape index (κ1) is 20.0. The van der Waals surface area contributed by atoms with Crippen molar-refractivity contribution in [3.05, 3.63) is 65.5 Å². The fraction of sp³-hybridized carbons (Fsp3) is 0.350. The number of carbonyl (C=O) groups is 2. The predicted molar refractivity (Wildman–Crippen MR) is 106 cm³/mol. The van der Waals surface area contributed by atoms with Gasteiger partial charge in [0.25, 0.3) is 5.91 Å². The van der Waals surface area contributed by atoms with E-state index in [4.69, 9.17) is 0 Å². The number of aromatic nitrogens is 1. The molecule has 0 bridgehead atoms. The molecule has 0 aliphatic rings. The summed E-state index contributed by atoms with van der Waals surface area (Å²) in [6.07, 6.45) is 6.03. The van der Waals surface area contributed by atoms with Gasteiger partial charge in [-0.1, -0.05) is 23.8 Å². The Morgan fingerprint density at radius 2 is 2.08 bits per heavy atom. The number of aryl methyl sites for hydroxylation is 1. The van der Waals surface area contributed by atoms with Crippen LogP contribution in [0.4, 0.5) is 0 Å². The zero-order chi connectivity index (χ0) is 18.9. The molecule has 6 heteroatoms. The molecule has 2 rings (SSSR count). The Morgan fingerprint density at radius 3 is 2.73 bits per heavy atom. The Morgan fingerprint density at radius 1 is 1.27 bits per heavy atom. The molecule has 2 amide bonds. The van der Waals surface area contributed by atoms with Gasteiger partial charge >= 0.3 is 0 Å². The molecule has 0 saturated carbocycles. The summed E-state index contributed by atoms with van der Waals surface area (Å²) in [7, 11) is 1.75. The summed E-state index contributed by atoms with van der Waals surface area (Å²) < 4.78 is 0. The highest BCUT2D eigenvalue weighted by Crippen LogP contribution is 2.10. The molecule has 1 aromatic heterocycles. The minimum absolute atomic E-state index is 0.0936. The van der Waals surface area contributed by atoms with Crippen LogP contribution < -0.4 is 5.32 Å². The van der Waals surface area contributed by atoms with Crippen molar-refractivity contribution in [2.75, 3.05) is 19.1 Å². The van der Waals surface area contributed by atoms with Crippen LogP contribution >= 0.6 is 11.8 Å². The van der Waals surface area contributed by atoms with E-state index in [2.05, 4.69) is 10.3 Å². The van der Waals surface area contributed by atoms with E-state index in [0.29, 0.717) is 18.5 Å². The normalized spacial score (nSPS) is 11.7. The number of carbonyl (C=O) groups excluding carboxylic acids is 2. The second-order valence-electron chi connectivity index (χ2n) is 6.23. The Bertz CT molecular complexity index is 737. The predicted octanol–water partition coefficient (Wildman–Crippen LogP) is 2.90. The van der Waals surface area contributed by atoms with E-state index in [-0.39, 0.29) is 11.8 Å². The molecule has 1 heterocycles. The molecule has 0 aliphatic carbocycles. The van der Waals surface area contributed by atoms with Crippen LogP contribution in [0.5, 0.6) is 0 Å². The molecule has 26 heavy (non-hydrogen) atoms. The highest BCUT2D eigenvalue weighted by Gasteiger charge is 2.24. The number of rotatable bonds is 8. The minimum Gasteiger partial charge on any atom is -0.340 e. The summed E-state index contributed by atoms with van der Waals surface area (Å²) in [5, 5.41) is 2.90. The van der Waals surface area contributed by atoms with Gasteiger partial charge in [0.1, 0.15) is 6.04 Å². The van der Waals surface area contributed by atoms with Crippen LogP contribution in [0.2, 0.25) is 0 Å². The Labute approximate surface area is 159 Å². The largest absolute Gasteiger partial charge is 0.340 e. The van der Waals surface area contributed by atoms with Crippen LogP contribution in [0, 0.1) is 6.92 Å². The van der Waals surface area contributed by atoms with Crippen molar-refractivity contribution >= 4 is 23.6 Å². The van der Waals surface area contributed by atoms with E-state index < -0.39 is 6.04 Å². The van der Waals surface area contributed by atoms with Gasteiger partial charge in [-0.3, -0.25) is 14.6 Å². The van der Waals surface area contributed by atoms with Gasteiger partial charge in [-0.25, -0.2) is 0 Å². The number of benzene rings is 1. The maximum absolute atomic E-state index is 12.9. The van der Waals surface area contributed by atoms with Crippen molar-refractivity contribution in [1.29, 1.82) is 0 Å². The van der Waals surface area contributed by atoms with Gasteiger partial charge in [-0.2, -0.15) is 11.8 Å². The number of amides is 2. The molecule has 2 aromatic rings. The summed E-state index contributed by atoms with van der Waals surface area (Å²) in [5.41, 5.74) is 2.54. The summed E-state index contributed by atoms with van der Waals surface area (Å²) in [6, 6.07) is 10.6. The molecule has 0 spiro atoms. The van der Waals surface area contributed by atoms with Crippen LogP contribution in [0.1, 0.15) is 27.9 Å². The average molecular weight is 372 g/mol. The number of pyridine rings is 1. The summed E-state index contributed by atoms with van der Waals surface area (Å²) in [6.45, 7) is 2.40. The Balaban J connectivity index is 2.07. The number of hydrogen-bond donors (Lipinski definition) is 1. The number of likely N-dealkylation sites (N-methyl/N-ethyl adjacent to an activating group) is 1. The van der Waals surface area contributed by atoms with Gasteiger partial charge in [0, 0.05) is 31.5 Å². The van der Waals surface area contributed by atoms with E-state index in [1.807, 2.05) is 43.5 Å². The minimum atomic E-state index is -0.544. The third-order valence-electron chi connectivity index (χ3n) is 4.01. The monoisotopic (exact) mass is 371 g/mol. The smallest absolute Gasteiger partial charge is 0.251 e. The molecule has 0 radical (unpaired) electrons. The van der Waals surface area contributed by atoms with Crippen molar-refractivity contribution in [2.45, 2.75) is 25.9 Å². The third kappa shape index (κ3) is 5.88. The first-order valence-corrected chi connectivity index (χ1v) is 9.91. The zero-order valence-corrected chi connectivity index (χ0v) is 16.3. The SMILES string of the molecule is CSCCC(NC(=O)c1cccc(C)c1)C(=O)N(C)Cc1cccnc1. The first-order chi connectivity index (χ1) is 12.5. The van der Waals surface area contributed by atoms with Gasteiger partial charge < -0.3 is 10.2 Å². The van der Waals surface area contributed by atoms with Gasteiger partial charge in [-0.05, 0) is 49.1 Å². The van der Waals surface area contributed by atoms with Crippen molar-refractivity contribution in [3.8, 4) is 0 Å². The lowest BCUT2D eigenvalue weighted by Crippen LogP contribution is -2.47. The van der Waals surface area contributed by atoms with Crippen LogP contribution in [0.3, 0.4) is 0 Å². The first-order valence-electron chi connectivity index (χ1n) is 8.51. The maximum atomic E-state index is 12.9. The highest BCUT2D eigenvalue weighted by atomic mass is 32.2. The lowest BCUT2D eigenvalue weighted by molar-refractivity contribution is -0.132. The molecule has 1 aromatic carbocycles. The molecule has 1 N–H and O–H groups in total. The number of hydrogen-bond acceptors (Lipinski definition) is 4. The van der Waals surface area contributed by atoms with E-state index >= 15 is 0 Å². The molecule has 0 saturated heterocycles. The van der Waals surface area contributed by atoms with E-state index in [9.17, 15) is 9.59 Å². The molecule has 0 fully saturated rings. The standard InChI is InChI=1S/C20H25N3O2S/c1-15-6-4-8-17(12-15)19(24)22-18(9-11-26-3)20(25)23(2)14-16-7-5-10-21-13-16/h4-8,10,12-13,18H,9,11,14H2,1-3H3,(H,22,24). The van der Waals surface area contributed by atoms with Crippen molar-refractivity contribution < 1.29 is 9.59 Å². The molecular formula is C20H25N3O2S. The van der Waals surface area contributed by atoms with Gasteiger partial charge in [0.05, 0.1) is 0 Å². The molecule has 0 aliphatic heterocycles. The van der Waals surface area contributed by atoms with Crippen molar-refractivity contribution in [2.24, 2.45) is 0 Å². The van der Waals surface area contributed by atoms with E-state index in [1.165, 1.54) is 0 Å². The number of nitrogens with zero attached hydrogens (tertiary/aromatic N) is 2. The molecular weight excluding hydrogens is 346 g/mol. The van der Waals surface area contributed by atoms with E-state index in [0.717, 1.165) is 16.9 Å². The van der Waals surface area contributed by atoms with Gasteiger partial charge in [0.2, 0.25) is 5.91 Å². The summed E-state index contributed by atoms with van der Waals surface area (Å²) in [5.74, 6) is 0.484. The second kappa shape index (κ2) is 9.97. The third-order valence-corrected chi connectivity index (χ3v) is 4.66.